The number of benzene rings is 1. The third kappa shape index (κ3) is 2.61. The highest BCUT2D eigenvalue weighted by Crippen LogP contribution is 2.29. The molecule has 94 valence electrons. The molecule has 0 aromatic heterocycles. The second-order valence-electron chi connectivity index (χ2n) is 4.20. The van der Waals surface area contributed by atoms with Crippen molar-refractivity contribution in [2.45, 2.75) is 12.1 Å². The second-order valence-corrected chi connectivity index (χ2v) is 5.35. The van der Waals surface area contributed by atoms with E-state index < -0.39 is 17.7 Å². The number of hydrogen-bond donors (Lipinski definition) is 1. The summed E-state index contributed by atoms with van der Waals surface area (Å²) in [4.78, 5) is 1.95. The fraction of sp³-hybridized carbons (Fsp3) is 0.500. The first-order valence-electron chi connectivity index (χ1n) is 5.51. The van der Waals surface area contributed by atoms with Crippen molar-refractivity contribution in [1.29, 1.82) is 0 Å². The molecule has 2 rings (SSSR count). The number of halogens is 2. The van der Waals surface area contributed by atoms with Gasteiger partial charge in [-0.25, -0.2) is 8.78 Å². The van der Waals surface area contributed by atoms with Gasteiger partial charge in [0.25, 0.3) is 0 Å². The average Bonchev–Trinajstić information content (AvgIpc) is 2.29. The van der Waals surface area contributed by atoms with Crippen LogP contribution in [-0.2, 0) is 0 Å². The molecule has 2 nitrogen and oxygen atoms in total. The Labute approximate surface area is 104 Å². The van der Waals surface area contributed by atoms with E-state index in [2.05, 4.69) is 0 Å². The minimum absolute atomic E-state index is 0.216. The number of likely N-dealkylation sites (N-methyl/N-ethyl adjacent to an activating group) is 1. The van der Waals surface area contributed by atoms with Crippen molar-refractivity contribution >= 4 is 11.8 Å². The Hall–Kier alpha value is -0.650. The van der Waals surface area contributed by atoms with Crippen LogP contribution in [0.4, 0.5) is 8.78 Å². The van der Waals surface area contributed by atoms with Gasteiger partial charge in [0.2, 0.25) is 0 Å². The average molecular weight is 259 g/mol. The molecule has 1 N–H and O–H groups in total. The van der Waals surface area contributed by atoms with Crippen LogP contribution in [0.25, 0.3) is 0 Å². The Morgan fingerprint density at radius 2 is 2.06 bits per heavy atom. The van der Waals surface area contributed by atoms with Crippen molar-refractivity contribution in [3.63, 3.8) is 0 Å². The van der Waals surface area contributed by atoms with E-state index in [1.54, 1.807) is 11.8 Å². The molecule has 0 amide bonds. The molecule has 1 aliphatic heterocycles. The predicted molar refractivity (Wildman–Crippen MR) is 65.1 cm³/mol. The summed E-state index contributed by atoms with van der Waals surface area (Å²) >= 11 is 1.69. The maximum Gasteiger partial charge on any atom is 0.132 e. The molecule has 0 saturated carbocycles. The molecule has 5 heteroatoms. The van der Waals surface area contributed by atoms with Crippen LogP contribution in [-0.4, -0.2) is 41.1 Å². The molecular weight excluding hydrogens is 244 g/mol. The van der Waals surface area contributed by atoms with Crippen LogP contribution < -0.4 is 0 Å². The Balaban J connectivity index is 2.26. The number of thioether (sulfide) groups is 1. The van der Waals surface area contributed by atoms with Gasteiger partial charge in [0.15, 0.2) is 0 Å². The van der Waals surface area contributed by atoms with Gasteiger partial charge in [-0.2, -0.15) is 11.8 Å². The first-order valence-corrected chi connectivity index (χ1v) is 6.66. The minimum atomic E-state index is -1.12. The first-order chi connectivity index (χ1) is 8.11. The number of rotatable bonds is 2. The van der Waals surface area contributed by atoms with Gasteiger partial charge in [-0.05, 0) is 19.2 Å². The zero-order valence-corrected chi connectivity index (χ0v) is 10.4. The van der Waals surface area contributed by atoms with Crippen molar-refractivity contribution in [3.8, 4) is 0 Å². The van der Waals surface area contributed by atoms with Gasteiger partial charge >= 0.3 is 0 Å². The molecule has 17 heavy (non-hydrogen) atoms. The molecule has 2 unspecified atom stereocenters. The molecular formula is C12H15F2NOS. The number of hydrogen-bond acceptors (Lipinski definition) is 3. The molecule has 1 aliphatic rings. The van der Waals surface area contributed by atoms with E-state index in [1.807, 2.05) is 11.9 Å². The monoisotopic (exact) mass is 259 g/mol. The molecule has 1 saturated heterocycles. The lowest BCUT2D eigenvalue weighted by atomic mass is 10.0. The normalized spacial score (nSPS) is 23.6. The van der Waals surface area contributed by atoms with Crippen LogP contribution >= 0.6 is 11.8 Å². The highest BCUT2D eigenvalue weighted by molar-refractivity contribution is 7.99. The maximum atomic E-state index is 13.6. The summed E-state index contributed by atoms with van der Waals surface area (Å²) in [5.74, 6) is 0.313. The van der Waals surface area contributed by atoms with Crippen LogP contribution in [0.3, 0.4) is 0 Å². The number of aliphatic hydroxyl groups is 1. The van der Waals surface area contributed by atoms with Crippen molar-refractivity contribution < 1.29 is 13.9 Å². The standard InChI is InChI=1S/C12H15F2NOS/c1-15-5-6-17-7-10(15)12(16)11-8(13)3-2-4-9(11)14/h2-4,10,12,16H,5-7H2,1H3. The third-order valence-electron chi connectivity index (χ3n) is 3.10. The first kappa shape index (κ1) is 12.8. The van der Waals surface area contributed by atoms with Gasteiger partial charge in [0, 0.05) is 24.1 Å². The van der Waals surface area contributed by atoms with Crippen LogP contribution in [0.15, 0.2) is 18.2 Å². The van der Waals surface area contributed by atoms with Crippen LogP contribution in [0, 0.1) is 11.6 Å². The van der Waals surface area contributed by atoms with E-state index in [0.717, 1.165) is 12.3 Å². The van der Waals surface area contributed by atoms with Gasteiger partial charge in [-0.3, -0.25) is 4.90 Å². The zero-order chi connectivity index (χ0) is 12.4. The Bertz CT molecular complexity index is 382. The van der Waals surface area contributed by atoms with E-state index in [-0.39, 0.29) is 11.6 Å². The predicted octanol–water partition coefficient (Wildman–Crippen LogP) is 2.05. The van der Waals surface area contributed by atoms with E-state index in [9.17, 15) is 13.9 Å². The summed E-state index contributed by atoms with van der Waals surface area (Å²) in [5.41, 5.74) is -0.216. The Kier molecular flexibility index (Phi) is 4.01. The fourth-order valence-electron chi connectivity index (χ4n) is 2.02. The highest BCUT2D eigenvalue weighted by atomic mass is 32.2. The van der Waals surface area contributed by atoms with Crippen molar-refractivity contribution in [3.05, 3.63) is 35.4 Å². The van der Waals surface area contributed by atoms with E-state index >= 15 is 0 Å². The molecule has 1 heterocycles. The molecule has 1 aromatic rings. The molecule has 0 radical (unpaired) electrons. The molecule has 1 aromatic carbocycles. The maximum absolute atomic E-state index is 13.6. The van der Waals surface area contributed by atoms with E-state index in [4.69, 9.17) is 0 Å². The zero-order valence-electron chi connectivity index (χ0n) is 9.57. The van der Waals surface area contributed by atoms with Crippen LogP contribution in [0.2, 0.25) is 0 Å². The van der Waals surface area contributed by atoms with Gasteiger partial charge in [-0.1, -0.05) is 6.07 Å². The number of nitrogens with zero attached hydrogens (tertiary/aromatic N) is 1. The summed E-state index contributed by atoms with van der Waals surface area (Å²) in [5, 5.41) is 10.1. The molecule has 0 bridgehead atoms. The second kappa shape index (κ2) is 5.33. The largest absolute Gasteiger partial charge is 0.387 e. The Morgan fingerprint density at radius 1 is 1.41 bits per heavy atom. The summed E-state index contributed by atoms with van der Waals surface area (Å²) in [6, 6.07) is 3.43. The van der Waals surface area contributed by atoms with Crippen LogP contribution in [0.5, 0.6) is 0 Å². The summed E-state index contributed by atoms with van der Waals surface area (Å²) in [6.45, 7) is 0.822. The minimum Gasteiger partial charge on any atom is -0.387 e. The van der Waals surface area contributed by atoms with Crippen molar-refractivity contribution in [2.75, 3.05) is 25.1 Å². The summed E-state index contributed by atoms with van der Waals surface area (Å²) < 4.78 is 27.1. The molecule has 0 spiro atoms. The quantitative estimate of drug-likeness (QED) is 0.879. The smallest absolute Gasteiger partial charge is 0.132 e. The lowest BCUT2D eigenvalue weighted by Crippen LogP contribution is -2.43. The molecule has 0 aliphatic carbocycles. The lowest BCUT2D eigenvalue weighted by molar-refractivity contribution is 0.0701. The van der Waals surface area contributed by atoms with Gasteiger partial charge in [0.05, 0.1) is 5.56 Å². The van der Waals surface area contributed by atoms with Crippen molar-refractivity contribution in [2.24, 2.45) is 0 Å². The molecule has 2 atom stereocenters. The van der Waals surface area contributed by atoms with E-state index in [0.29, 0.717) is 5.75 Å². The summed E-state index contributed by atoms with van der Waals surface area (Å²) in [6.07, 6.45) is -1.12. The topological polar surface area (TPSA) is 23.5 Å². The van der Waals surface area contributed by atoms with Gasteiger partial charge in [0.1, 0.15) is 17.7 Å². The fourth-order valence-corrected chi connectivity index (χ4v) is 3.29. The van der Waals surface area contributed by atoms with Gasteiger partial charge in [-0.15, -0.1) is 0 Å². The summed E-state index contributed by atoms with van der Waals surface area (Å²) in [7, 11) is 1.87. The SMILES string of the molecule is CN1CCSCC1C(O)c1c(F)cccc1F. The van der Waals surface area contributed by atoms with Gasteiger partial charge < -0.3 is 5.11 Å². The lowest BCUT2D eigenvalue weighted by Gasteiger charge is -2.35. The third-order valence-corrected chi connectivity index (χ3v) is 4.15. The van der Waals surface area contributed by atoms with E-state index in [1.165, 1.54) is 18.2 Å². The highest BCUT2D eigenvalue weighted by Gasteiger charge is 2.31. The Morgan fingerprint density at radius 3 is 2.65 bits per heavy atom. The number of aliphatic hydroxyl groups excluding tert-OH is 1. The van der Waals surface area contributed by atoms with Crippen LogP contribution in [0.1, 0.15) is 11.7 Å². The molecule has 1 fully saturated rings. The van der Waals surface area contributed by atoms with Crippen molar-refractivity contribution in [1.82, 2.24) is 4.90 Å².